The topological polar surface area (TPSA) is 71.4 Å². The van der Waals surface area contributed by atoms with E-state index in [-0.39, 0.29) is 9.13 Å². The predicted molar refractivity (Wildman–Crippen MR) is 148 cm³/mol. The van der Waals surface area contributed by atoms with Crippen LogP contribution >= 0.6 is 19.8 Å². The first-order valence-corrected chi connectivity index (χ1v) is 16.2. The zero-order valence-corrected chi connectivity index (χ0v) is 23.1. The monoisotopic (exact) mass is 582 g/mol. The first-order chi connectivity index (χ1) is 16.6. The van der Waals surface area contributed by atoms with E-state index in [0.717, 1.165) is 24.6 Å². The average Bonchev–Trinajstić information content (AvgIpc) is 2.82. The van der Waals surface area contributed by atoms with Crippen LogP contribution in [-0.2, 0) is 12.6 Å². The normalized spacial score (nSPS) is 11.5. The molecule has 2 aromatic rings. The highest BCUT2D eigenvalue weighted by Crippen LogP contribution is 2.33. The summed E-state index contributed by atoms with van der Waals surface area (Å²) >= 11 is -3.95. The summed E-state index contributed by atoms with van der Waals surface area (Å²) in [7, 11) is 0. The van der Waals surface area contributed by atoms with Gasteiger partial charge in [-0.2, -0.15) is 0 Å². The predicted octanol–water partition coefficient (Wildman–Crippen LogP) is 9.71. The standard InChI is InChI=1S/C29H43IO4/c1-2-3-4-5-6-7-8-9-10-11-12-13-14-15-16-17-21-25-23-24-20-18-19-22-26(24)28(30(33)34)27(25)29(31)32/h18-20,22-23H,2-17,21H2,1H3,(H,31,32). The molecule has 0 fully saturated rings. The lowest BCUT2D eigenvalue weighted by atomic mass is 9.96. The number of benzene rings is 2. The first-order valence-electron chi connectivity index (χ1n) is 13.4. The Morgan fingerprint density at radius 3 is 1.68 bits per heavy atom. The van der Waals surface area contributed by atoms with Crippen LogP contribution in [0.15, 0.2) is 30.3 Å². The van der Waals surface area contributed by atoms with E-state index >= 15 is 0 Å². The number of carboxylic acids is 1. The molecule has 0 saturated heterocycles. The Morgan fingerprint density at radius 2 is 1.21 bits per heavy atom. The third-order valence-electron chi connectivity index (χ3n) is 6.74. The smallest absolute Gasteiger partial charge is 0.342 e. The highest BCUT2D eigenvalue weighted by Gasteiger charge is 2.22. The lowest BCUT2D eigenvalue weighted by Crippen LogP contribution is -2.07. The summed E-state index contributed by atoms with van der Waals surface area (Å²) in [5, 5.41) is 11.1. The Balaban J connectivity index is 1.64. The molecule has 34 heavy (non-hydrogen) atoms. The average molecular weight is 583 g/mol. The van der Waals surface area contributed by atoms with Crippen molar-refractivity contribution >= 4 is 36.5 Å². The van der Waals surface area contributed by atoms with Crippen molar-refractivity contribution in [2.24, 2.45) is 0 Å². The van der Waals surface area contributed by atoms with Gasteiger partial charge < -0.3 is 5.11 Å². The summed E-state index contributed by atoms with van der Waals surface area (Å²) < 4.78 is 24.0. The maximum absolute atomic E-state index is 12.0. The lowest BCUT2D eigenvalue weighted by Gasteiger charge is -2.11. The first kappa shape index (κ1) is 28.7. The van der Waals surface area contributed by atoms with Gasteiger partial charge in [-0.05, 0) is 23.8 Å². The molecule has 0 bridgehead atoms. The van der Waals surface area contributed by atoms with Crippen LogP contribution in [-0.4, -0.2) is 11.1 Å². The van der Waals surface area contributed by atoms with Crippen LogP contribution in [0, 0.1) is 3.57 Å². The SMILES string of the molecule is CCCCCCCCCCCCCCCCCCc1cc2ccccc2c(I(=O)=O)c1C(=O)O. The van der Waals surface area contributed by atoms with Crippen LogP contribution in [0.4, 0.5) is 0 Å². The van der Waals surface area contributed by atoms with E-state index in [1.807, 2.05) is 18.2 Å². The second kappa shape index (κ2) is 17.0. The zero-order valence-electron chi connectivity index (χ0n) is 21.0. The lowest BCUT2D eigenvalue weighted by molar-refractivity contribution is 0.0694. The van der Waals surface area contributed by atoms with Gasteiger partial charge in [0.1, 0.15) is 0 Å². The van der Waals surface area contributed by atoms with E-state index in [4.69, 9.17) is 0 Å². The number of halogens is 1. The summed E-state index contributed by atoms with van der Waals surface area (Å²) in [6, 6.07) is 9.05. The van der Waals surface area contributed by atoms with Crippen LogP contribution in [0.2, 0.25) is 0 Å². The molecule has 0 heterocycles. The van der Waals surface area contributed by atoms with Crippen molar-refractivity contribution in [2.45, 2.75) is 116 Å². The molecular weight excluding hydrogens is 539 g/mol. The highest BCUT2D eigenvalue weighted by atomic mass is 127. The zero-order chi connectivity index (χ0) is 24.6. The van der Waals surface area contributed by atoms with Gasteiger partial charge in [0.25, 0.3) is 0 Å². The van der Waals surface area contributed by atoms with Crippen molar-refractivity contribution in [3.63, 3.8) is 0 Å². The molecule has 0 spiro atoms. The van der Waals surface area contributed by atoms with Gasteiger partial charge in [0, 0.05) is 5.39 Å². The molecule has 2 rings (SSSR count). The maximum Gasteiger partial charge on any atom is 0.342 e. The van der Waals surface area contributed by atoms with E-state index in [0.29, 0.717) is 17.4 Å². The summed E-state index contributed by atoms with van der Waals surface area (Å²) in [5.74, 6) is -1.14. The number of aryl methyl sites for hydroxylation is 1. The van der Waals surface area contributed by atoms with Crippen molar-refractivity contribution in [3.05, 3.63) is 45.0 Å². The molecule has 4 nitrogen and oxygen atoms in total. The minimum absolute atomic E-state index is 0.00476. The van der Waals surface area contributed by atoms with Gasteiger partial charge in [-0.1, -0.05) is 134 Å². The molecule has 2 aromatic carbocycles. The van der Waals surface area contributed by atoms with Crippen molar-refractivity contribution in [3.8, 4) is 0 Å². The molecule has 190 valence electrons. The number of unbranched alkanes of at least 4 members (excludes halogenated alkanes) is 15. The fourth-order valence-electron chi connectivity index (χ4n) is 4.81. The molecule has 0 aromatic heterocycles. The number of carboxylic acid groups (broad SMARTS) is 1. The molecular formula is C29H43IO4. The minimum atomic E-state index is -3.95. The van der Waals surface area contributed by atoms with Gasteiger partial charge >= 0.3 is 25.8 Å². The number of fused-ring (bicyclic) bond motifs is 1. The Kier molecular flexibility index (Phi) is 14.4. The Labute approximate surface area is 213 Å². The Hall–Kier alpha value is -1.50. The molecule has 0 aliphatic carbocycles. The second-order valence-corrected chi connectivity index (χ2v) is 11.8. The number of carbonyl (C=O) groups is 1. The van der Waals surface area contributed by atoms with E-state index < -0.39 is 25.8 Å². The summed E-state index contributed by atoms with van der Waals surface area (Å²) in [6.45, 7) is 2.27. The van der Waals surface area contributed by atoms with Crippen molar-refractivity contribution in [1.29, 1.82) is 0 Å². The van der Waals surface area contributed by atoms with Crippen molar-refractivity contribution in [1.82, 2.24) is 0 Å². The third-order valence-corrected chi connectivity index (χ3v) is 8.74. The highest BCUT2D eigenvalue weighted by molar-refractivity contribution is 14.2. The van der Waals surface area contributed by atoms with E-state index in [2.05, 4.69) is 6.92 Å². The van der Waals surface area contributed by atoms with Gasteiger partial charge in [0.15, 0.2) is 0 Å². The molecule has 0 amide bonds. The van der Waals surface area contributed by atoms with Gasteiger partial charge in [0.2, 0.25) is 0 Å². The third kappa shape index (κ3) is 10.0. The van der Waals surface area contributed by atoms with Gasteiger partial charge in [-0.3, -0.25) is 0 Å². The minimum Gasteiger partial charge on any atom is -0.478 e. The molecule has 0 unspecified atom stereocenters. The van der Waals surface area contributed by atoms with Gasteiger partial charge in [-0.15, -0.1) is 0 Å². The van der Waals surface area contributed by atoms with Crippen molar-refractivity contribution in [2.75, 3.05) is 0 Å². The summed E-state index contributed by atoms with van der Waals surface area (Å²) in [6.07, 6.45) is 21.3. The summed E-state index contributed by atoms with van der Waals surface area (Å²) in [5.41, 5.74) is 0.649. The Bertz CT molecular complexity index is 941. The molecule has 0 aliphatic rings. The molecule has 0 atom stereocenters. The van der Waals surface area contributed by atoms with Crippen LogP contribution in [0.25, 0.3) is 10.8 Å². The quantitative estimate of drug-likeness (QED) is 0.132. The van der Waals surface area contributed by atoms with Crippen LogP contribution in [0.5, 0.6) is 0 Å². The maximum atomic E-state index is 12.0. The van der Waals surface area contributed by atoms with Gasteiger partial charge in [-0.25, -0.2) is 10.9 Å². The van der Waals surface area contributed by atoms with Crippen molar-refractivity contribution < 1.29 is 16.0 Å². The van der Waals surface area contributed by atoms with Gasteiger partial charge in [0.05, 0.1) is 9.13 Å². The van der Waals surface area contributed by atoms with E-state index in [1.165, 1.54) is 83.5 Å². The molecule has 0 radical (unpaired) electrons. The molecule has 1 N–H and O–H groups in total. The number of hydrogen-bond donors (Lipinski definition) is 1. The number of hydrogen-bond acceptors (Lipinski definition) is 3. The number of aromatic carboxylic acids is 1. The molecule has 0 aliphatic heterocycles. The largest absolute Gasteiger partial charge is 0.478 e. The fourth-order valence-corrected chi connectivity index (χ4v) is 6.79. The summed E-state index contributed by atoms with van der Waals surface area (Å²) in [4.78, 5) is 11.9. The van der Waals surface area contributed by atoms with E-state index in [9.17, 15) is 16.0 Å². The van der Waals surface area contributed by atoms with Crippen LogP contribution < -0.4 is 0 Å². The molecule has 5 heteroatoms. The van der Waals surface area contributed by atoms with Crippen LogP contribution in [0.1, 0.15) is 126 Å². The second-order valence-electron chi connectivity index (χ2n) is 9.52. The molecule has 0 saturated carbocycles. The van der Waals surface area contributed by atoms with Crippen LogP contribution in [0.3, 0.4) is 0 Å². The Morgan fingerprint density at radius 1 is 0.735 bits per heavy atom. The number of rotatable bonds is 19. The fraction of sp³-hybridized carbons (Fsp3) is 0.621. The van der Waals surface area contributed by atoms with E-state index in [1.54, 1.807) is 12.1 Å².